The lowest BCUT2D eigenvalue weighted by molar-refractivity contribution is -0.136. The van der Waals surface area contributed by atoms with E-state index >= 15 is 0 Å². The van der Waals surface area contributed by atoms with E-state index in [4.69, 9.17) is 27.9 Å². The Morgan fingerprint density at radius 3 is 2.20 bits per heavy atom. The van der Waals surface area contributed by atoms with E-state index in [-0.39, 0.29) is 12.2 Å². The summed E-state index contributed by atoms with van der Waals surface area (Å²) in [5.74, 6) is -1.92. The van der Waals surface area contributed by atoms with Gasteiger partial charge in [0.2, 0.25) is 0 Å². The maximum absolute atomic E-state index is 13.1. The molecule has 0 aliphatic rings. The number of carbonyl (C=O) groups excluding carboxylic acids is 3. The highest BCUT2D eigenvalue weighted by atomic mass is 35.5. The zero-order chi connectivity index (χ0) is 24.9. The average Bonchev–Trinajstić information content (AvgIpc) is 3.23. The van der Waals surface area contributed by atoms with E-state index < -0.39 is 17.7 Å². The highest BCUT2D eigenvalue weighted by Crippen LogP contribution is 2.28. The fraction of sp³-hybridized carbons (Fsp3) is 0.0800. The van der Waals surface area contributed by atoms with E-state index in [0.717, 1.165) is 5.56 Å². The molecule has 4 rings (SSSR count). The van der Waals surface area contributed by atoms with Crippen LogP contribution >= 0.6 is 23.2 Å². The molecule has 1 aromatic heterocycles. The summed E-state index contributed by atoms with van der Waals surface area (Å²) in [7, 11) is 1.47. The van der Waals surface area contributed by atoms with Crippen molar-refractivity contribution in [2.24, 2.45) is 0 Å². The monoisotopic (exact) mass is 510 g/mol. The van der Waals surface area contributed by atoms with Gasteiger partial charge in [-0.1, -0.05) is 47.5 Å². The van der Waals surface area contributed by atoms with E-state index in [9.17, 15) is 14.4 Å². The van der Waals surface area contributed by atoms with Crippen molar-refractivity contribution < 1.29 is 19.1 Å². The number of aromatic nitrogens is 1. The van der Waals surface area contributed by atoms with Crippen LogP contribution in [0.5, 0.6) is 5.75 Å². The molecule has 0 unspecified atom stereocenters. The Hall–Kier alpha value is -4.01. The smallest absolute Gasteiger partial charge is 0.328 e. The maximum Gasteiger partial charge on any atom is 0.328 e. The van der Waals surface area contributed by atoms with Crippen molar-refractivity contribution in [3.05, 3.63) is 94.1 Å². The van der Waals surface area contributed by atoms with E-state index in [1.807, 2.05) is 0 Å². The first-order valence-electron chi connectivity index (χ1n) is 10.4. The first-order valence-corrected chi connectivity index (χ1v) is 11.2. The normalized spacial score (nSPS) is 10.6. The minimum Gasteiger partial charge on any atom is -0.494 e. The second-order valence-electron chi connectivity index (χ2n) is 7.47. The predicted molar refractivity (Wildman–Crippen MR) is 136 cm³/mol. The molecule has 0 radical (unpaired) electrons. The van der Waals surface area contributed by atoms with Gasteiger partial charge in [0.25, 0.3) is 5.91 Å². The van der Waals surface area contributed by atoms with Crippen LogP contribution in [-0.4, -0.2) is 29.5 Å². The molecule has 0 aliphatic heterocycles. The summed E-state index contributed by atoms with van der Waals surface area (Å²) in [6.07, 6.45) is 0. The third-order valence-electron chi connectivity index (χ3n) is 5.13. The van der Waals surface area contributed by atoms with Crippen LogP contribution in [0.15, 0.2) is 72.8 Å². The number of ether oxygens (including phenoxy) is 1. The molecule has 0 saturated carbocycles. The number of rotatable bonds is 6. The molecule has 0 spiro atoms. The molecule has 3 N–H and O–H groups in total. The number of benzene rings is 3. The van der Waals surface area contributed by atoms with Gasteiger partial charge in [0.1, 0.15) is 17.0 Å². The summed E-state index contributed by atoms with van der Waals surface area (Å²) in [5, 5.41) is 7.03. The largest absolute Gasteiger partial charge is 0.494 e. The van der Waals surface area contributed by atoms with Crippen LogP contribution in [-0.2, 0) is 16.1 Å². The van der Waals surface area contributed by atoms with Crippen molar-refractivity contribution in [1.82, 2.24) is 9.99 Å². The number of methoxy groups -OCH3 is 1. The van der Waals surface area contributed by atoms with E-state index in [1.165, 1.54) is 11.8 Å². The Morgan fingerprint density at radius 1 is 0.886 bits per heavy atom. The molecular weight excluding hydrogens is 491 g/mol. The first-order chi connectivity index (χ1) is 16.9. The summed E-state index contributed by atoms with van der Waals surface area (Å²) in [6, 6.07) is 20.2. The molecular formula is C25H20Cl2N4O4. The average molecular weight is 511 g/mol. The Bertz CT molecular complexity index is 1400. The van der Waals surface area contributed by atoms with Crippen LogP contribution in [0.4, 0.5) is 5.69 Å². The number of carbonyl (C=O) groups is 3. The molecule has 10 heteroatoms. The fourth-order valence-corrected chi connectivity index (χ4v) is 3.67. The number of anilines is 1. The second-order valence-corrected chi connectivity index (χ2v) is 8.35. The van der Waals surface area contributed by atoms with Gasteiger partial charge in [-0.3, -0.25) is 19.8 Å². The van der Waals surface area contributed by atoms with Crippen LogP contribution < -0.4 is 20.8 Å². The summed E-state index contributed by atoms with van der Waals surface area (Å²) >= 11 is 11.8. The van der Waals surface area contributed by atoms with Crippen molar-refractivity contribution >= 4 is 57.5 Å². The second kappa shape index (κ2) is 10.5. The number of hydrogen-bond donors (Lipinski definition) is 3. The van der Waals surface area contributed by atoms with E-state index in [1.54, 1.807) is 72.8 Å². The number of halogens is 2. The fourth-order valence-electron chi connectivity index (χ4n) is 3.42. The van der Waals surface area contributed by atoms with Gasteiger partial charge in [-0.15, -0.1) is 0 Å². The molecule has 0 atom stereocenters. The Labute approximate surface area is 210 Å². The van der Waals surface area contributed by atoms with Gasteiger partial charge in [0.05, 0.1) is 7.11 Å². The van der Waals surface area contributed by atoms with Crippen molar-refractivity contribution in [1.29, 1.82) is 0 Å². The van der Waals surface area contributed by atoms with Gasteiger partial charge in [0, 0.05) is 27.7 Å². The molecule has 0 fully saturated rings. The molecule has 4 aromatic rings. The minimum atomic E-state index is -0.956. The van der Waals surface area contributed by atoms with Crippen LogP contribution in [0.3, 0.4) is 0 Å². The Balaban J connectivity index is 1.59. The lowest BCUT2D eigenvalue weighted by atomic mass is 10.2. The molecule has 35 heavy (non-hydrogen) atoms. The first kappa shape index (κ1) is 24.1. The zero-order valence-electron chi connectivity index (χ0n) is 18.5. The molecule has 0 aliphatic carbocycles. The minimum absolute atomic E-state index is 0.0956. The molecule has 0 bridgehead atoms. The topological polar surface area (TPSA) is 101 Å². The summed E-state index contributed by atoms with van der Waals surface area (Å²) < 4.78 is 6.66. The van der Waals surface area contributed by atoms with Crippen molar-refractivity contribution in [3.63, 3.8) is 0 Å². The number of nitrogens with zero attached hydrogens (tertiary/aromatic N) is 1. The summed E-state index contributed by atoms with van der Waals surface area (Å²) in [5.41, 5.74) is 4.31. The zero-order valence-corrected chi connectivity index (χ0v) is 20.0. The number of hydrogen-bond acceptors (Lipinski definition) is 4. The van der Waals surface area contributed by atoms with Gasteiger partial charge >= 0.3 is 11.8 Å². The van der Waals surface area contributed by atoms with E-state index in [0.29, 0.717) is 32.4 Å². The van der Waals surface area contributed by atoms with Crippen molar-refractivity contribution in [3.8, 4) is 5.75 Å². The third kappa shape index (κ3) is 5.56. The SMILES string of the molecule is COc1cccc2cc(C(=O)Nc3ccc(Cl)cc3)n(NC(=O)C(=O)NCc3ccc(Cl)cc3)c12. The predicted octanol–water partition coefficient (Wildman–Crippen LogP) is 4.60. The van der Waals surface area contributed by atoms with Crippen molar-refractivity contribution in [2.45, 2.75) is 6.54 Å². The number of para-hydroxylation sites is 1. The number of nitrogens with one attached hydrogen (secondary N) is 3. The van der Waals surface area contributed by atoms with Gasteiger partial charge in [-0.05, 0) is 54.1 Å². The van der Waals surface area contributed by atoms with Crippen LogP contribution in [0, 0.1) is 0 Å². The van der Waals surface area contributed by atoms with Crippen LogP contribution in [0.2, 0.25) is 10.0 Å². The number of fused-ring (bicyclic) bond motifs is 1. The van der Waals surface area contributed by atoms with Gasteiger partial charge in [0.15, 0.2) is 0 Å². The lowest BCUT2D eigenvalue weighted by Crippen LogP contribution is -2.39. The Morgan fingerprint density at radius 2 is 1.54 bits per heavy atom. The molecule has 8 nitrogen and oxygen atoms in total. The standard InChI is InChI=1S/C25H20Cl2N4O4/c1-35-21-4-2-3-16-13-20(23(32)29-19-11-9-18(27)10-12-19)31(22(16)21)30-25(34)24(33)28-14-15-5-7-17(26)8-6-15/h2-13H,14H2,1H3,(H,28,33)(H,29,32)(H,30,34). The van der Waals surface area contributed by atoms with E-state index in [2.05, 4.69) is 16.1 Å². The Kier molecular flexibility index (Phi) is 7.24. The van der Waals surface area contributed by atoms with Gasteiger partial charge < -0.3 is 15.4 Å². The molecule has 3 amide bonds. The maximum atomic E-state index is 13.1. The van der Waals surface area contributed by atoms with Crippen LogP contribution in [0.1, 0.15) is 16.1 Å². The summed E-state index contributed by atoms with van der Waals surface area (Å²) in [6.45, 7) is 0.128. The molecule has 0 saturated heterocycles. The quantitative estimate of drug-likeness (QED) is 0.330. The lowest BCUT2D eigenvalue weighted by Gasteiger charge is -2.14. The highest BCUT2D eigenvalue weighted by molar-refractivity contribution is 6.38. The summed E-state index contributed by atoms with van der Waals surface area (Å²) in [4.78, 5) is 38.4. The number of amides is 3. The third-order valence-corrected chi connectivity index (χ3v) is 5.63. The highest BCUT2D eigenvalue weighted by Gasteiger charge is 2.22. The van der Waals surface area contributed by atoms with Gasteiger partial charge in [-0.25, -0.2) is 4.68 Å². The molecule has 178 valence electrons. The van der Waals surface area contributed by atoms with Crippen LogP contribution in [0.25, 0.3) is 10.9 Å². The molecule has 3 aromatic carbocycles. The molecule has 1 heterocycles. The van der Waals surface area contributed by atoms with Gasteiger partial charge in [-0.2, -0.15) is 0 Å². The van der Waals surface area contributed by atoms with Crippen molar-refractivity contribution in [2.75, 3.05) is 17.9 Å².